The van der Waals surface area contributed by atoms with Crippen molar-refractivity contribution < 1.29 is 0 Å². The van der Waals surface area contributed by atoms with Crippen LogP contribution < -0.4 is 5.56 Å². The Bertz CT molecular complexity index is 376. The second-order valence-electron chi connectivity index (χ2n) is 4.37. The Balaban J connectivity index is 3.28. The predicted molar refractivity (Wildman–Crippen MR) is 59.7 cm³/mol. The SMILES string of the molecule is Cc1cc(C)n([C@@H](C)C(C)C)c(=O)c1. The van der Waals surface area contributed by atoms with Crippen LogP contribution in [0.2, 0.25) is 0 Å². The van der Waals surface area contributed by atoms with Crippen LogP contribution in [-0.2, 0) is 0 Å². The lowest BCUT2D eigenvalue weighted by Gasteiger charge is -2.21. The maximum Gasteiger partial charge on any atom is 0.251 e. The van der Waals surface area contributed by atoms with Gasteiger partial charge in [-0.1, -0.05) is 13.8 Å². The largest absolute Gasteiger partial charge is 0.310 e. The molecule has 0 aromatic carbocycles. The van der Waals surface area contributed by atoms with Crippen LogP contribution in [0.4, 0.5) is 0 Å². The molecule has 1 aromatic rings. The summed E-state index contributed by atoms with van der Waals surface area (Å²) >= 11 is 0. The molecular formula is C12H19NO. The minimum atomic E-state index is 0.115. The molecule has 0 aliphatic carbocycles. The number of hydrogen-bond acceptors (Lipinski definition) is 1. The third-order valence-electron chi connectivity index (χ3n) is 2.78. The molecule has 1 heterocycles. The van der Waals surface area contributed by atoms with E-state index in [1.165, 1.54) is 0 Å². The Hall–Kier alpha value is -1.05. The molecule has 0 unspecified atom stereocenters. The van der Waals surface area contributed by atoms with Crippen molar-refractivity contribution in [2.75, 3.05) is 0 Å². The first kappa shape index (κ1) is 11.0. The van der Waals surface area contributed by atoms with Crippen LogP contribution in [-0.4, -0.2) is 4.57 Å². The Morgan fingerprint density at radius 2 is 1.71 bits per heavy atom. The van der Waals surface area contributed by atoms with Crippen LogP contribution in [0.5, 0.6) is 0 Å². The maximum atomic E-state index is 11.8. The van der Waals surface area contributed by atoms with Crippen LogP contribution in [0.25, 0.3) is 0 Å². The highest BCUT2D eigenvalue weighted by atomic mass is 16.1. The molecule has 1 aromatic heterocycles. The van der Waals surface area contributed by atoms with Gasteiger partial charge in [0.15, 0.2) is 0 Å². The number of hydrogen-bond donors (Lipinski definition) is 0. The standard InChI is InChI=1S/C12H19NO/c1-8(2)11(5)13-10(4)6-9(3)7-12(13)14/h6-8,11H,1-5H3/t11-/m0/s1. The van der Waals surface area contributed by atoms with Gasteiger partial charge in [-0.15, -0.1) is 0 Å². The first-order valence-electron chi connectivity index (χ1n) is 5.13. The van der Waals surface area contributed by atoms with E-state index in [0.29, 0.717) is 5.92 Å². The zero-order valence-corrected chi connectivity index (χ0v) is 9.66. The molecular weight excluding hydrogens is 174 g/mol. The minimum Gasteiger partial charge on any atom is -0.310 e. The van der Waals surface area contributed by atoms with Gasteiger partial charge in [0.05, 0.1) is 0 Å². The van der Waals surface area contributed by atoms with Gasteiger partial charge in [0.25, 0.3) is 5.56 Å². The van der Waals surface area contributed by atoms with Crippen molar-refractivity contribution in [3.05, 3.63) is 33.7 Å². The fourth-order valence-corrected chi connectivity index (χ4v) is 1.70. The molecule has 14 heavy (non-hydrogen) atoms. The fraction of sp³-hybridized carbons (Fsp3) is 0.583. The molecule has 0 aliphatic rings. The summed E-state index contributed by atoms with van der Waals surface area (Å²) in [6.45, 7) is 10.3. The lowest BCUT2D eigenvalue weighted by Crippen LogP contribution is -2.27. The normalized spacial score (nSPS) is 13.3. The second-order valence-corrected chi connectivity index (χ2v) is 4.37. The summed E-state index contributed by atoms with van der Waals surface area (Å²) in [5.41, 5.74) is 2.21. The van der Waals surface area contributed by atoms with E-state index in [9.17, 15) is 4.79 Å². The molecule has 2 heteroatoms. The summed E-state index contributed by atoms with van der Waals surface area (Å²) in [4.78, 5) is 11.8. The molecule has 0 saturated carbocycles. The number of nitrogens with zero attached hydrogens (tertiary/aromatic N) is 1. The number of aryl methyl sites for hydroxylation is 2. The van der Waals surface area contributed by atoms with Crippen LogP contribution in [0.15, 0.2) is 16.9 Å². The minimum absolute atomic E-state index is 0.115. The summed E-state index contributed by atoms with van der Waals surface area (Å²) in [7, 11) is 0. The molecule has 0 aliphatic heterocycles. The molecule has 0 spiro atoms. The molecule has 1 atom stereocenters. The van der Waals surface area contributed by atoms with Gasteiger partial charge in [0.1, 0.15) is 0 Å². The van der Waals surface area contributed by atoms with Crippen LogP contribution in [0.1, 0.15) is 38.1 Å². The maximum absolute atomic E-state index is 11.8. The smallest absolute Gasteiger partial charge is 0.251 e. The van der Waals surface area contributed by atoms with E-state index in [2.05, 4.69) is 26.8 Å². The lowest BCUT2D eigenvalue weighted by molar-refractivity contribution is 0.391. The van der Waals surface area contributed by atoms with Gasteiger partial charge in [0.2, 0.25) is 0 Å². The zero-order valence-electron chi connectivity index (χ0n) is 9.66. The van der Waals surface area contributed by atoms with Crippen molar-refractivity contribution >= 4 is 0 Å². The monoisotopic (exact) mass is 193 g/mol. The molecule has 2 nitrogen and oxygen atoms in total. The van der Waals surface area contributed by atoms with Gasteiger partial charge in [0, 0.05) is 17.8 Å². The first-order valence-corrected chi connectivity index (χ1v) is 5.13. The Labute approximate surface area is 85.6 Å². The highest BCUT2D eigenvalue weighted by molar-refractivity contribution is 5.15. The molecule has 0 saturated heterocycles. The van der Waals surface area contributed by atoms with Crippen molar-refractivity contribution in [1.29, 1.82) is 0 Å². The van der Waals surface area contributed by atoms with E-state index < -0.39 is 0 Å². The highest BCUT2D eigenvalue weighted by Gasteiger charge is 2.12. The molecule has 0 amide bonds. The number of pyridine rings is 1. The number of rotatable bonds is 2. The lowest BCUT2D eigenvalue weighted by atomic mass is 10.1. The van der Waals surface area contributed by atoms with Gasteiger partial charge < -0.3 is 4.57 Å². The van der Waals surface area contributed by atoms with E-state index in [4.69, 9.17) is 0 Å². The Kier molecular flexibility index (Phi) is 3.14. The second kappa shape index (κ2) is 3.99. The van der Waals surface area contributed by atoms with E-state index in [0.717, 1.165) is 11.3 Å². The molecule has 1 rings (SSSR count). The van der Waals surface area contributed by atoms with Gasteiger partial charge in [-0.25, -0.2) is 0 Å². The van der Waals surface area contributed by atoms with Crippen molar-refractivity contribution in [2.45, 2.75) is 40.7 Å². The highest BCUT2D eigenvalue weighted by Crippen LogP contribution is 2.16. The van der Waals surface area contributed by atoms with Gasteiger partial charge in [-0.05, 0) is 38.3 Å². The van der Waals surface area contributed by atoms with Crippen molar-refractivity contribution in [2.24, 2.45) is 5.92 Å². The summed E-state index contributed by atoms with van der Waals surface area (Å²) in [5, 5.41) is 0. The Morgan fingerprint density at radius 3 is 2.14 bits per heavy atom. The van der Waals surface area contributed by atoms with E-state index in [-0.39, 0.29) is 11.6 Å². The van der Waals surface area contributed by atoms with Gasteiger partial charge in [-0.2, -0.15) is 0 Å². The summed E-state index contributed by atoms with van der Waals surface area (Å²) in [6, 6.07) is 4.02. The van der Waals surface area contributed by atoms with E-state index in [1.54, 1.807) is 6.07 Å². The topological polar surface area (TPSA) is 22.0 Å². The fourth-order valence-electron chi connectivity index (χ4n) is 1.70. The predicted octanol–water partition coefficient (Wildman–Crippen LogP) is 2.68. The van der Waals surface area contributed by atoms with Gasteiger partial charge in [-0.3, -0.25) is 4.79 Å². The number of aromatic nitrogens is 1. The van der Waals surface area contributed by atoms with E-state index in [1.807, 2.05) is 18.4 Å². The molecule has 78 valence electrons. The quantitative estimate of drug-likeness (QED) is 0.707. The van der Waals surface area contributed by atoms with Gasteiger partial charge >= 0.3 is 0 Å². The molecule has 0 fully saturated rings. The average molecular weight is 193 g/mol. The van der Waals surface area contributed by atoms with E-state index >= 15 is 0 Å². The summed E-state index contributed by atoms with van der Waals surface area (Å²) < 4.78 is 1.87. The van der Waals surface area contributed by atoms with Crippen molar-refractivity contribution in [3.8, 4) is 0 Å². The van der Waals surface area contributed by atoms with Crippen LogP contribution >= 0.6 is 0 Å². The van der Waals surface area contributed by atoms with Crippen LogP contribution in [0.3, 0.4) is 0 Å². The van der Waals surface area contributed by atoms with Crippen molar-refractivity contribution in [3.63, 3.8) is 0 Å². The summed E-state index contributed by atoms with van der Waals surface area (Å²) in [5.74, 6) is 0.481. The van der Waals surface area contributed by atoms with Crippen molar-refractivity contribution in [1.82, 2.24) is 4.57 Å². The summed E-state index contributed by atoms with van der Waals surface area (Å²) in [6.07, 6.45) is 0. The Morgan fingerprint density at radius 1 is 1.14 bits per heavy atom. The average Bonchev–Trinajstić information content (AvgIpc) is 2.01. The van der Waals surface area contributed by atoms with Crippen LogP contribution in [0, 0.1) is 19.8 Å². The molecule has 0 radical (unpaired) electrons. The molecule has 0 N–H and O–H groups in total. The zero-order chi connectivity index (χ0) is 10.9. The third-order valence-corrected chi connectivity index (χ3v) is 2.78. The molecule has 0 bridgehead atoms. The first-order chi connectivity index (χ1) is 6.43. The third kappa shape index (κ3) is 2.06.